The molecule has 0 N–H and O–H groups in total. The Balaban J connectivity index is 1.29. The molecule has 1 atom stereocenters. The number of ether oxygens (including phenoxy) is 1. The first kappa shape index (κ1) is 31.5. The van der Waals surface area contributed by atoms with Gasteiger partial charge >= 0.3 is 6.09 Å². The summed E-state index contributed by atoms with van der Waals surface area (Å²) in [6.45, 7) is 9.47. The molecule has 1 unspecified atom stereocenters. The third-order valence-corrected chi connectivity index (χ3v) is 8.28. The van der Waals surface area contributed by atoms with E-state index in [1.807, 2.05) is 39.0 Å². The normalized spacial score (nSPS) is 15.2. The second-order valence-electron chi connectivity index (χ2n) is 12.9. The molecule has 0 aromatic heterocycles. The molecular weight excluding hydrogens is 520 g/mol. The lowest BCUT2D eigenvalue weighted by Gasteiger charge is -2.32. The molecule has 0 saturated carbocycles. The van der Waals surface area contributed by atoms with E-state index in [0.29, 0.717) is 18.9 Å². The fourth-order valence-corrected chi connectivity index (χ4v) is 5.76. The van der Waals surface area contributed by atoms with Gasteiger partial charge in [0.25, 0.3) is 0 Å². The molecule has 0 aliphatic carbocycles. The van der Waals surface area contributed by atoms with Gasteiger partial charge in [0.15, 0.2) is 5.78 Å². The van der Waals surface area contributed by atoms with Crippen LogP contribution in [-0.4, -0.2) is 54.0 Å². The Morgan fingerprint density at radius 1 is 0.881 bits per heavy atom. The summed E-state index contributed by atoms with van der Waals surface area (Å²) in [5, 5.41) is 0. The molecule has 3 aromatic carbocycles. The van der Waals surface area contributed by atoms with Gasteiger partial charge in [-0.15, -0.1) is 0 Å². The van der Waals surface area contributed by atoms with E-state index in [-0.39, 0.29) is 17.8 Å². The highest BCUT2D eigenvalue weighted by molar-refractivity contribution is 5.96. The number of hydrogen-bond acceptors (Lipinski definition) is 4. The van der Waals surface area contributed by atoms with Crippen molar-refractivity contribution in [1.29, 1.82) is 0 Å². The van der Waals surface area contributed by atoms with Crippen LogP contribution in [0.1, 0.15) is 85.8 Å². The lowest BCUT2D eigenvalue weighted by molar-refractivity contribution is 0.0294. The van der Waals surface area contributed by atoms with Crippen molar-refractivity contribution in [2.45, 2.75) is 77.4 Å². The lowest BCUT2D eigenvalue weighted by atomic mass is 9.87. The number of benzene rings is 3. The molecule has 0 spiro atoms. The number of carbonyl (C=O) groups is 2. The quantitative estimate of drug-likeness (QED) is 0.207. The van der Waals surface area contributed by atoms with Gasteiger partial charge in [0.2, 0.25) is 0 Å². The summed E-state index contributed by atoms with van der Waals surface area (Å²) in [7, 11) is 1.79. The summed E-state index contributed by atoms with van der Waals surface area (Å²) in [6.07, 6.45) is 5.28. The summed E-state index contributed by atoms with van der Waals surface area (Å²) in [6, 6.07) is 29.3. The van der Waals surface area contributed by atoms with Crippen molar-refractivity contribution in [2.24, 2.45) is 5.92 Å². The zero-order valence-electron chi connectivity index (χ0n) is 25.9. The van der Waals surface area contributed by atoms with Gasteiger partial charge in [0.1, 0.15) is 5.60 Å². The summed E-state index contributed by atoms with van der Waals surface area (Å²) >= 11 is 0. The maximum absolute atomic E-state index is 13.1. The summed E-state index contributed by atoms with van der Waals surface area (Å²) in [4.78, 5) is 29.8. The standard InChI is InChI=1S/C37H48N2O3/c1-37(2,3)42-36(41)38(4)24-23-34(27-30-11-7-5-8-12-30)32-16-18-33(19-17-32)35(40)20-15-29-21-25-39(26-22-29)28-31-13-9-6-10-14-31/h5-14,16-19,29,34H,15,20-28H2,1-4H3. The zero-order chi connectivity index (χ0) is 30.0. The van der Waals surface area contributed by atoms with Crippen LogP contribution in [0.2, 0.25) is 0 Å². The summed E-state index contributed by atoms with van der Waals surface area (Å²) < 4.78 is 5.54. The number of piperidine rings is 1. The molecule has 1 aliphatic rings. The molecule has 3 aromatic rings. The highest BCUT2D eigenvalue weighted by Crippen LogP contribution is 2.27. The van der Waals surface area contributed by atoms with Crippen LogP contribution in [-0.2, 0) is 17.7 Å². The average Bonchev–Trinajstić information content (AvgIpc) is 2.99. The second kappa shape index (κ2) is 15.2. The fraction of sp³-hybridized carbons (Fsp3) is 0.459. The van der Waals surface area contributed by atoms with E-state index < -0.39 is 5.60 Å². The molecule has 1 fully saturated rings. The maximum Gasteiger partial charge on any atom is 0.410 e. The van der Waals surface area contributed by atoms with Gasteiger partial charge in [-0.3, -0.25) is 9.69 Å². The molecule has 0 radical (unpaired) electrons. The average molecular weight is 569 g/mol. The Labute approximate surface area is 252 Å². The SMILES string of the molecule is CN(CCC(Cc1ccccc1)c1ccc(C(=O)CCC2CCN(Cc3ccccc3)CC2)cc1)C(=O)OC(C)(C)C. The van der Waals surface area contributed by atoms with Gasteiger partial charge < -0.3 is 9.64 Å². The Kier molecular flexibility index (Phi) is 11.4. The van der Waals surface area contributed by atoms with E-state index in [1.54, 1.807) is 11.9 Å². The van der Waals surface area contributed by atoms with E-state index in [0.717, 1.165) is 57.3 Å². The summed E-state index contributed by atoms with van der Waals surface area (Å²) in [5.74, 6) is 1.08. The van der Waals surface area contributed by atoms with Crippen LogP contribution in [0.4, 0.5) is 4.79 Å². The Morgan fingerprint density at radius 2 is 1.48 bits per heavy atom. The predicted octanol–water partition coefficient (Wildman–Crippen LogP) is 8.15. The van der Waals surface area contributed by atoms with Gasteiger partial charge in [0, 0.05) is 32.1 Å². The van der Waals surface area contributed by atoms with Gasteiger partial charge in [-0.2, -0.15) is 0 Å². The van der Waals surface area contributed by atoms with Gasteiger partial charge in [-0.1, -0.05) is 84.9 Å². The van der Waals surface area contributed by atoms with E-state index in [9.17, 15) is 9.59 Å². The van der Waals surface area contributed by atoms with Crippen molar-refractivity contribution in [3.05, 3.63) is 107 Å². The number of hydrogen-bond donors (Lipinski definition) is 0. The fourth-order valence-electron chi connectivity index (χ4n) is 5.76. The van der Waals surface area contributed by atoms with Crippen LogP contribution in [0.25, 0.3) is 0 Å². The van der Waals surface area contributed by atoms with Crippen molar-refractivity contribution in [3.63, 3.8) is 0 Å². The molecule has 1 heterocycles. The molecule has 42 heavy (non-hydrogen) atoms. The van der Waals surface area contributed by atoms with E-state index in [1.165, 1.54) is 16.7 Å². The molecule has 1 saturated heterocycles. The number of carbonyl (C=O) groups excluding carboxylic acids is 2. The second-order valence-corrected chi connectivity index (χ2v) is 12.9. The molecule has 5 nitrogen and oxygen atoms in total. The van der Waals surface area contributed by atoms with Gasteiger partial charge in [0.05, 0.1) is 0 Å². The smallest absolute Gasteiger partial charge is 0.410 e. The topological polar surface area (TPSA) is 49.9 Å². The van der Waals surface area contributed by atoms with Crippen LogP contribution >= 0.6 is 0 Å². The number of rotatable bonds is 12. The number of ketones is 1. The lowest BCUT2D eigenvalue weighted by Crippen LogP contribution is -2.35. The van der Waals surface area contributed by atoms with Crippen molar-refractivity contribution < 1.29 is 14.3 Å². The van der Waals surface area contributed by atoms with Crippen LogP contribution in [0.5, 0.6) is 0 Å². The van der Waals surface area contributed by atoms with E-state index >= 15 is 0 Å². The van der Waals surface area contributed by atoms with Crippen LogP contribution in [0.15, 0.2) is 84.9 Å². The molecule has 4 rings (SSSR count). The number of likely N-dealkylation sites (tertiary alicyclic amines) is 1. The largest absolute Gasteiger partial charge is 0.444 e. The molecular formula is C37H48N2O3. The molecule has 224 valence electrons. The van der Waals surface area contributed by atoms with Crippen molar-refractivity contribution >= 4 is 11.9 Å². The maximum atomic E-state index is 13.1. The minimum Gasteiger partial charge on any atom is -0.444 e. The van der Waals surface area contributed by atoms with Crippen molar-refractivity contribution in [2.75, 3.05) is 26.7 Å². The highest BCUT2D eigenvalue weighted by atomic mass is 16.6. The first-order valence-corrected chi connectivity index (χ1v) is 15.5. The zero-order valence-corrected chi connectivity index (χ0v) is 25.9. The molecule has 5 heteroatoms. The Morgan fingerprint density at radius 3 is 2.07 bits per heavy atom. The van der Waals surface area contributed by atoms with Gasteiger partial charge in [-0.05, 0) is 94.5 Å². The van der Waals surface area contributed by atoms with Crippen molar-refractivity contribution in [3.8, 4) is 0 Å². The van der Waals surface area contributed by atoms with E-state index in [4.69, 9.17) is 4.74 Å². The minimum absolute atomic E-state index is 0.225. The first-order chi connectivity index (χ1) is 20.2. The first-order valence-electron chi connectivity index (χ1n) is 15.5. The predicted molar refractivity (Wildman–Crippen MR) is 171 cm³/mol. The van der Waals surface area contributed by atoms with Crippen LogP contribution in [0.3, 0.4) is 0 Å². The minimum atomic E-state index is -0.517. The van der Waals surface area contributed by atoms with Gasteiger partial charge in [-0.25, -0.2) is 4.79 Å². The summed E-state index contributed by atoms with van der Waals surface area (Å²) in [5.41, 5.74) is 4.10. The Hall–Kier alpha value is -3.44. The van der Waals surface area contributed by atoms with Crippen LogP contribution in [0, 0.1) is 5.92 Å². The molecule has 0 bridgehead atoms. The van der Waals surface area contributed by atoms with Crippen molar-refractivity contribution in [1.82, 2.24) is 9.80 Å². The molecule has 1 aliphatic heterocycles. The monoisotopic (exact) mass is 568 g/mol. The number of Topliss-reactive ketones (excluding diaryl/α,β-unsaturated/α-hetero) is 1. The van der Waals surface area contributed by atoms with E-state index in [2.05, 4.69) is 71.6 Å². The Bertz CT molecular complexity index is 1240. The molecule has 1 amide bonds. The third-order valence-electron chi connectivity index (χ3n) is 8.28. The van der Waals surface area contributed by atoms with Crippen LogP contribution < -0.4 is 0 Å². The number of amides is 1. The highest BCUT2D eigenvalue weighted by Gasteiger charge is 2.23. The number of nitrogens with zero attached hydrogens (tertiary/aromatic N) is 2. The third kappa shape index (κ3) is 10.1.